The number of nitrogens with one attached hydrogen (secondary N) is 1. The summed E-state index contributed by atoms with van der Waals surface area (Å²) in [5.41, 5.74) is 1.01. The number of carbonyl (C=O) groups is 2. The number of halogens is 1. The van der Waals surface area contributed by atoms with Gasteiger partial charge < -0.3 is 14.8 Å². The van der Waals surface area contributed by atoms with E-state index in [0.29, 0.717) is 5.75 Å². The Balaban J connectivity index is 1.57. The highest BCUT2D eigenvalue weighted by molar-refractivity contribution is 6.34. The van der Waals surface area contributed by atoms with Crippen LogP contribution in [-0.2, 0) is 14.3 Å². The lowest BCUT2D eigenvalue weighted by Gasteiger charge is -2.16. The number of fused-ring (bicyclic) bond motifs is 1. The number of anilines is 1. The monoisotopic (exact) mass is 388 g/mol. The maximum atomic E-state index is 12.1. The lowest BCUT2D eigenvalue weighted by Crippen LogP contribution is -2.24. The molecule has 0 atom stereocenters. The lowest BCUT2D eigenvalue weighted by atomic mass is 10.1. The number of carbonyl (C=O) groups excluding carboxylic acids is 2. The molecule has 138 valence electrons. The molecule has 2 aromatic carbocycles. The van der Waals surface area contributed by atoms with E-state index in [4.69, 9.17) is 21.1 Å². The molecule has 27 heavy (non-hydrogen) atoms. The van der Waals surface area contributed by atoms with E-state index in [9.17, 15) is 19.7 Å². The van der Waals surface area contributed by atoms with Crippen molar-refractivity contribution in [2.24, 2.45) is 0 Å². The van der Waals surface area contributed by atoms with E-state index in [-0.39, 0.29) is 28.6 Å². The van der Waals surface area contributed by atoms with Crippen LogP contribution in [0.4, 0.5) is 11.4 Å². The van der Waals surface area contributed by atoms with E-state index in [2.05, 4.69) is 5.32 Å². The molecule has 8 nitrogen and oxygen atoms in total. The highest BCUT2D eigenvalue weighted by Gasteiger charge is 2.19. The molecule has 0 unspecified atom stereocenters. The second-order valence-corrected chi connectivity index (χ2v) is 5.95. The van der Waals surface area contributed by atoms with Crippen LogP contribution in [0.3, 0.4) is 0 Å². The number of hydrogen-bond acceptors (Lipinski definition) is 6. The van der Waals surface area contributed by atoms with E-state index in [1.54, 1.807) is 18.2 Å². The first kappa shape index (κ1) is 18.4. The van der Waals surface area contributed by atoms with E-state index >= 15 is 0 Å². The first-order valence-corrected chi connectivity index (χ1v) is 8.15. The molecular weight excluding hydrogens is 376 g/mol. The molecule has 3 rings (SSSR count). The minimum absolute atomic E-state index is 0.00359. The van der Waals surface area contributed by atoms with Gasteiger partial charge in [-0.1, -0.05) is 29.8 Å². The van der Waals surface area contributed by atoms with Crippen LogP contribution in [0.1, 0.15) is 5.56 Å². The smallest absolute Gasteiger partial charge is 0.338 e. The van der Waals surface area contributed by atoms with E-state index in [1.807, 2.05) is 12.1 Å². The maximum Gasteiger partial charge on any atom is 0.338 e. The number of hydrogen-bond donors (Lipinski definition) is 1. The van der Waals surface area contributed by atoms with Gasteiger partial charge in [-0.3, -0.25) is 14.9 Å². The summed E-state index contributed by atoms with van der Waals surface area (Å²) in [6.07, 6.45) is 1.65. The molecule has 1 aliphatic rings. The Hall–Kier alpha value is -3.39. The molecule has 1 N–H and O–H groups in total. The molecule has 0 aliphatic carbocycles. The summed E-state index contributed by atoms with van der Waals surface area (Å²) in [7, 11) is 0. The third-order valence-electron chi connectivity index (χ3n) is 3.67. The number of para-hydroxylation sites is 1. The molecule has 0 fully saturated rings. The molecule has 1 aliphatic heterocycles. The third kappa shape index (κ3) is 4.42. The molecule has 0 bridgehead atoms. The summed E-state index contributed by atoms with van der Waals surface area (Å²) in [4.78, 5) is 34.1. The first-order valence-electron chi connectivity index (χ1n) is 7.77. The third-order valence-corrected chi connectivity index (χ3v) is 3.98. The Morgan fingerprint density at radius 2 is 2.04 bits per heavy atom. The zero-order valence-electron chi connectivity index (χ0n) is 13.8. The number of amides is 1. The van der Waals surface area contributed by atoms with Crippen LogP contribution in [0.25, 0.3) is 6.08 Å². The summed E-state index contributed by atoms with van der Waals surface area (Å²) in [5.74, 6) is -0.633. The lowest BCUT2D eigenvalue weighted by molar-refractivity contribution is -0.384. The number of ether oxygens (including phenoxy) is 2. The molecule has 0 radical (unpaired) electrons. The van der Waals surface area contributed by atoms with E-state index in [0.717, 1.165) is 11.6 Å². The van der Waals surface area contributed by atoms with Crippen LogP contribution in [0, 0.1) is 10.1 Å². The number of nitro benzene ring substituents is 1. The number of nitro groups is 1. The zero-order valence-corrected chi connectivity index (χ0v) is 14.6. The number of benzene rings is 2. The zero-order chi connectivity index (χ0) is 19.4. The van der Waals surface area contributed by atoms with Gasteiger partial charge in [0.1, 0.15) is 12.4 Å². The van der Waals surface area contributed by atoms with Gasteiger partial charge in [-0.15, -0.1) is 0 Å². The fourth-order valence-electron chi connectivity index (χ4n) is 2.36. The summed E-state index contributed by atoms with van der Waals surface area (Å²) in [5, 5.41) is 13.1. The van der Waals surface area contributed by atoms with Crippen molar-refractivity contribution >= 4 is 40.9 Å². The Kier molecular flexibility index (Phi) is 5.37. The largest absolute Gasteiger partial charge is 0.488 e. The second-order valence-electron chi connectivity index (χ2n) is 5.54. The average Bonchev–Trinajstić information content (AvgIpc) is 2.67. The highest BCUT2D eigenvalue weighted by Crippen LogP contribution is 2.27. The van der Waals surface area contributed by atoms with Gasteiger partial charge in [0.05, 0.1) is 21.2 Å². The predicted octanol–water partition coefficient (Wildman–Crippen LogP) is 3.21. The van der Waals surface area contributed by atoms with Gasteiger partial charge >= 0.3 is 5.97 Å². The van der Waals surface area contributed by atoms with Crippen molar-refractivity contribution in [3.8, 4) is 5.75 Å². The Morgan fingerprint density at radius 3 is 2.78 bits per heavy atom. The van der Waals surface area contributed by atoms with Crippen LogP contribution < -0.4 is 10.1 Å². The Labute approximate surface area is 158 Å². The number of esters is 1. The van der Waals surface area contributed by atoms with Gasteiger partial charge in [0, 0.05) is 17.7 Å². The molecule has 2 aromatic rings. The SMILES string of the molecule is O=C(COC(=O)C1=Cc2ccccc2OC1)Nc1ccc([N+](=O)[O-])cc1Cl. The molecule has 0 saturated carbocycles. The van der Waals surface area contributed by atoms with Crippen molar-refractivity contribution in [1.29, 1.82) is 0 Å². The fraction of sp³-hybridized carbons (Fsp3) is 0.111. The van der Waals surface area contributed by atoms with E-state index < -0.39 is 23.4 Å². The van der Waals surface area contributed by atoms with Crippen molar-refractivity contribution in [2.45, 2.75) is 0 Å². The van der Waals surface area contributed by atoms with Gasteiger partial charge in [-0.2, -0.15) is 0 Å². The van der Waals surface area contributed by atoms with Crippen LogP contribution in [-0.4, -0.2) is 30.0 Å². The molecule has 1 amide bonds. The standard InChI is InChI=1S/C18H13ClN2O6/c19-14-8-13(21(24)25)5-6-15(14)20-17(22)10-27-18(23)12-7-11-3-1-2-4-16(11)26-9-12/h1-8H,9-10H2,(H,20,22). The Bertz CT molecular complexity index is 957. The molecule has 0 spiro atoms. The average molecular weight is 389 g/mol. The van der Waals surface area contributed by atoms with Gasteiger partial charge in [-0.05, 0) is 18.2 Å². The van der Waals surface area contributed by atoms with Crippen LogP contribution >= 0.6 is 11.6 Å². The first-order chi connectivity index (χ1) is 12.9. The van der Waals surface area contributed by atoms with Crippen molar-refractivity contribution in [3.05, 3.63) is 68.7 Å². The minimum atomic E-state index is -0.672. The maximum absolute atomic E-state index is 12.1. The summed E-state index contributed by atoms with van der Waals surface area (Å²) >= 11 is 5.90. The normalized spacial score (nSPS) is 12.3. The van der Waals surface area contributed by atoms with Crippen LogP contribution in [0.5, 0.6) is 5.75 Å². The minimum Gasteiger partial charge on any atom is -0.488 e. The fourth-order valence-corrected chi connectivity index (χ4v) is 2.59. The number of nitrogens with zero attached hydrogens (tertiary/aromatic N) is 1. The number of non-ortho nitro benzene ring substituents is 1. The van der Waals surface area contributed by atoms with Crippen molar-refractivity contribution in [1.82, 2.24) is 0 Å². The molecule has 1 heterocycles. The van der Waals surface area contributed by atoms with Gasteiger partial charge in [0.15, 0.2) is 6.61 Å². The van der Waals surface area contributed by atoms with Gasteiger partial charge in [0.2, 0.25) is 0 Å². The summed E-state index contributed by atoms with van der Waals surface area (Å²) < 4.78 is 10.4. The molecular formula is C18H13ClN2O6. The number of rotatable bonds is 5. The Morgan fingerprint density at radius 1 is 1.26 bits per heavy atom. The topological polar surface area (TPSA) is 108 Å². The predicted molar refractivity (Wildman–Crippen MR) is 97.6 cm³/mol. The van der Waals surface area contributed by atoms with Crippen LogP contribution in [0.15, 0.2) is 48.0 Å². The summed E-state index contributed by atoms with van der Waals surface area (Å²) in [6, 6.07) is 10.8. The highest BCUT2D eigenvalue weighted by atomic mass is 35.5. The van der Waals surface area contributed by atoms with Crippen molar-refractivity contribution < 1.29 is 24.0 Å². The van der Waals surface area contributed by atoms with Crippen molar-refractivity contribution in [2.75, 3.05) is 18.5 Å². The van der Waals surface area contributed by atoms with Gasteiger partial charge in [0.25, 0.3) is 11.6 Å². The summed E-state index contributed by atoms with van der Waals surface area (Å²) in [6.45, 7) is -0.489. The molecule has 0 saturated heterocycles. The van der Waals surface area contributed by atoms with Crippen molar-refractivity contribution in [3.63, 3.8) is 0 Å². The second kappa shape index (κ2) is 7.88. The quantitative estimate of drug-likeness (QED) is 0.478. The van der Waals surface area contributed by atoms with Gasteiger partial charge in [-0.25, -0.2) is 4.79 Å². The molecule has 9 heteroatoms. The van der Waals surface area contributed by atoms with E-state index in [1.165, 1.54) is 12.1 Å². The molecule has 0 aromatic heterocycles. The van der Waals surface area contributed by atoms with Crippen LogP contribution in [0.2, 0.25) is 5.02 Å².